The molecule has 0 spiro atoms. The first-order chi connectivity index (χ1) is 5.68. The molecule has 0 saturated heterocycles. The lowest BCUT2D eigenvalue weighted by Gasteiger charge is -2.09. The van der Waals surface area contributed by atoms with Gasteiger partial charge in [0.15, 0.2) is 2.86 Å². The van der Waals surface area contributed by atoms with Gasteiger partial charge in [-0.05, 0) is 19.0 Å². The van der Waals surface area contributed by atoms with E-state index in [0.717, 1.165) is 0 Å². The summed E-state index contributed by atoms with van der Waals surface area (Å²) in [5.41, 5.74) is 0. The second-order valence-corrected chi connectivity index (χ2v) is 4.97. The van der Waals surface area contributed by atoms with Gasteiger partial charge in [0.2, 0.25) is 0 Å². The standard InChI is InChI=1S/C5H12O4Si/c1-10(7,8)4-2-3-9-5-6/h5,7-8H,2-4H2,1H3/i7T,8T. The van der Waals surface area contributed by atoms with Crippen LogP contribution in [-0.2, 0) is 9.53 Å². The van der Waals surface area contributed by atoms with E-state index in [2.05, 4.69) is 14.3 Å². The Morgan fingerprint density at radius 3 is 3.00 bits per heavy atom. The largest absolute Gasteiger partial charge is 0.468 e. The Balaban J connectivity index is 3.51. The van der Waals surface area contributed by atoms with Crippen LogP contribution in [0.4, 0.5) is 0 Å². The smallest absolute Gasteiger partial charge is 0.329 e. The van der Waals surface area contributed by atoms with Gasteiger partial charge in [0.25, 0.3) is 6.47 Å². The van der Waals surface area contributed by atoms with Gasteiger partial charge in [-0.25, -0.2) is 0 Å². The van der Waals surface area contributed by atoms with E-state index in [-0.39, 0.29) is 6.61 Å². The van der Waals surface area contributed by atoms with E-state index in [1.807, 2.05) is 0 Å². The first-order valence-electron chi connectivity index (χ1n) is 3.84. The molecule has 0 amide bonds. The second-order valence-electron chi connectivity index (χ2n) is 2.20. The first-order valence-corrected chi connectivity index (χ1v) is 5.55. The van der Waals surface area contributed by atoms with Gasteiger partial charge in [0.1, 0.15) is 0 Å². The molecule has 5 heteroatoms. The van der Waals surface area contributed by atoms with Gasteiger partial charge in [-0.15, -0.1) is 0 Å². The highest BCUT2D eigenvalue weighted by molar-refractivity contribution is 6.63. The molecule has 10 heavy (non-hydrogen) atoms. The molecule has 0 heterocycles. The third-order valence-corrected chi connectivity index (χ3v) is 2.22. The zero-order chi connectivity index (χ0) is 9.45. The molecule has 0 aromatic rings. The highest BCUT2D eigenvalue weighted by atomic mass is 28.4. The van der Waals surface area contributed by atoms with Crippen molar-refractivity contribution in [2.24, 2.45) is 0 Å². The predicted molar refractivity (Wildman–Crippen MR) is 37.5 cm³/mol. The fourth-order valence-electron chi connectivity index (χ4n) is 0.525. The Morgan fingerprint density at radius 1 is 1.80 bits per heavy atom. The van der Waals surface area contributed by atoms with Crippen molar-refractivity contribution >= 4 is 15.0 Å². The zero-order valence-electron chi connectivity index (χ0n) is 7.83. The van der Waals surface area contributed by atoms with Gasteiger partial charge in [-0.2, -0.15) is 0 Å². The second kappa shape index (κ2) is 4.43. The molecule has 0 saturated carbocycles. The van der Waals surface area contributed by atoms with E-state index < -0.39 is 8.56 Å². The van der Waals surface area contributed by atoms with E-state index in [0.29, 0.717) is 18.9 Å². The monoisotopic (exact) mass is 168 g/mol. The molecular weight excluding hydrogens is 152 g/mol. The molecule has 0 atom stereocenters. The van der Waals surface area contributed by atoms with Crippen molar-refractivity contribution in [2.75, 3.05) is 6.61 Å². The fourth-order valence-corrected chi connectivity index (χ4v) is 1.31. The Morgan fingerprint density at radius 2 is 2.50 bits per heavy atom. The highest BCUT2D eigenvalue weighted by Gasteiger charge is 2.19. The van der Waals surface area contributed by atoms with Crippen LogP contribution in [0.2, 0.25) is 12.6 Å². The summed E-state index contributed by atoms with van der Waals surface area (Å²) in [6.45, 7) is 2.24. The number of hydrogen-bond donors (Lipinski definition) is 2. The number of ether oxygens (including phenoxy) is 1. The summed E-state index contributed by atoms with van der Waals surface area (Å²) in [5, 5.41) is 0. The number of rotatable bonds is 7. The molecular formula is C5H12O4Si. The van der Waals surface area contributed by atoms with Gasteiger partial charge < -0.3 is 14.3 Å². The van der Waals surface area contributed by atoms with Crippen molar-refractivity contribution in [2.45, 2.75) is 19.0 Å². The Hall–Kier alpha value is -0.393. The molecule has 2 N–H and O–H groups in total. The number of hydrogen-bond acceptors (Lipinski definition) is 4. The van der Waals surface area contributed by atoms with Gasteiger partial charge >= 0.3 is 8.56 Å². The topological polar surface area (TPSA) is 66.8 Å². The average molecular weight is 168 g/mol. The van der Waals surface area contributed by atoms with E-state index in [1.54, 1.807) is 6.55 Å². The molecule has 0 aliphatic rings. The van der Waals surface area contributed by atoms with Crippen LogP contribution in [0.3, 0.4) is 0 Å². The molecule has 4 nitrogen and oxygen atoms in total. The molecule has 0 unspecified atom stereocenters. The highest BCUT2D eigenvalue weighted by Crippen LogP contribution is 2.03. The SMILES string of the molecule is [3H]O[Si](C)(CCCOC=O)O[3H]. The van der Waals surface area contributed by atoms with E-state index >= 15 is 0 Å². The molecule has 0 aliphatic heterocycles. The average Bonchev–Trinajstić information content (AvgIpc) is 2.12. The normalized spacial score (nSPS) is 13.7. The minimum atomic E-state index is -2.61. The Bertz CT molecular complexity index is 131. The number of carbonyl (C=O) groups excluding carboxylic acids is 1. The Labute approximate surface area is 63.7 Å². The molecule has 0 aliphatic carbocycles. The zero-order valence-corrected chi connectivity index (χ0v) is 6.83. The molecule has 0 bridgehead atoms. The maximum Gasteiger partial charge on any atom is 0.329 e. The Kier molecular flexibility index (Phi) is 2.80. The molecule has 60 valence electrons. The van der Waals surface area contributed by atoms with Crippen LogP contribution in [0.1, 0.15) is 6.42 Å². The van der Waals surface area contributed by atoms with Crippen LogP contribution < -0.4 is 0 Å². The lowest BCUT2D eigenvalue weighted by molar-refractivity contribution is -0.128. The van der Waals surface area contributed by atoms with Gasteiger partial charge in [-0.3, -0.25) is 4.79 Å². The molecule has 0 radical (unpaired) electrons. The van der Waals surface area contributed by atoms with E-state index in [4.69, 9.17) is 2.86 Å². The molecule has 0 aromatic heterocycles. The predicted octanol–water partition coefficient (Wildman–Crippen LogP) is -0.394. The maximum atomic E-state index is 9.72. The van der Waals surface area contributed by atoms with Gasteiger partial charge in [0, 0.05) is 0 Å². The van der Waals surface area contributed by atoms with Crippen LogP contribution >= 0.6 is 0 Å². The van der Waals surface area contributed by atoms with Gasteiger partial charge in [-0.1, -0.05) is 0 Å². The van der Waals surface area contributed by atoms with Crippen molar-refractivity contribution in [3.8, 4) is 0 Å². The lowest BCUT2D eigenvalue weighted by atomic mass is 10.5. The van der Waals surface area contributed by atoms with Crippen molar-refractivity contribution in [1.29, 1.82) is 2.86 Å². The third kappa shape index (κ3) is 7.61. The van der Waals surface area contributed by atoms with Crippen LogP contribution in [0, 0.1) is 0 Å². The third-order valence-electron chi connectivity index (χ3n) is 0.961. The summed E-state index contributed by atoms with van der Waals surface area (Å²) in [6.07, 6.45) is 0.555. The minimum Gasteiger partial charge on any atom is -0.468 e. The fraction of sp³-hybridized carbons (Fsp3) is 0.800. The summed E-state index contributed by atoms with van der Waals surface area (Å²) >= 11 is 0. The van der Waals surface area contributed by atoms with Crippen LogP contribution in [0.15, 0.2) is 0 Å². The van der Waals surface area contributed by atoms with Crippen molar-refractivity contribution < 1.29 is 19.1 Å². The number of carbonyl (C=O) groups is 1. The van der Waals surface area contributed by atoms with Crippen molar-refractivity contribution in [3.63, 3.8) is 0 Å². The lowest BCUT2D eigenvalue weighted by Crippen LogP contribution is -2.29. The maximum absolute atomic E-state index is 9.72. The van der Waals surface area contributed by atoms with Crippen LogP contribution in [0.5, 0.6) is 0 Å². The van der Waals surface area contributed by atoms with Crippen LogP contribution in [-0.4, -0.2) is 34.1 Å². The molecule has 0 fully saturated rings. The quantitative estimate of drug-likeness (QED) is 0.308. The van der Waals surface area contributed by atoms with Gasteiger partial charge in [0.05, 0.1) is 6.61 Å². The molecule has 0 aromatic carbocycles. The summed E-state index contributed by atoms with van der Waals surface area (Å²) < 4.78 is 17.7. The van der Waals surface area contributed by atoms with Crippen molar-refractivity contribution in [3.05, 3.63) is 0 Å². The van der Waals surface area contributed by atoms with Crippen molar-refractivity contribution in [1.82, 2.24) is 0 Å². The minimum absolute atomic E-state index is 0.277. The summed E-state index contributed by atoms with van der Waals surface area (Å²) in [7, 11) is -2.61. The van der Waals surface area contributed by atoms with E-state index in [9.17, 15) is 4.79 Å². The molecule has 0 rings (SSSR count). The summed E-state index contributed by atoms with van der Waals surface area (Å²) in [4.78, 5) is 18.3. The first kappa shape index (κ1) is 6.33. The van der Waals surface area contributed by atoms with Crippen LogP contribution in [0.25, 0.3) is 0 Å². The van der Waals surface area contributed by atoms with E-state index in [1.165, 1.54) is 0 Å². The summed E-state index contributed by atoms with van der Waals surface area (Å²) in [6, 6.07) is 0.466. The summed E-state index contributed by atoms with van der Waals surface area (Å²) in [5.74, 6) is 0.